The number of amides is 4. The lowest BCUT2D eigenvalue weighted by Gasteiger charge is -2.36. The van der Waals surface area contributed by atoms with Crippen LogP contribution in [0.25, 0.3) is 0 Å². The van der Waals surface area contributed by atoms with Crippen molar-refractivity contribution in [2.75, 3.05) is 11.9 Å². The van der Waals surface area contributed by atoms with Crippen molar-refractivity contribution >= 4 is 29.2 Å². The summed E-state index contributed by atoms with van der Waals surface area (Å²) in [5.41, 5.74) is -0.150. The molecule has 0 radical (unpaired) electrons. The van der Waals surface area contributed by atoms with Gasteiger partial charge >= 0.3 is 6.03 Å². The summed E-state index contributed by atoms with van der Waals surface area (Å²) >= 11 is 0. The average molecular weight is 374 g/mol. The summed E-state index contributed by atoms with van der Waals surface area (Å²) in [6.45, 7) is 3.21. The highest BCUT2D eigenvalue weighted by atomic mass is 16.6. The molecule has 9 nitrogen and oxygen atoms in total. The molecule has 1 spiro atoms. The van der Waals surface area contributed by atoms with Crippen molar-refractivity contribution in [2.24, 2.45) is 5.92 Å². The average Bonchev–Trinajstić information content (AvgIpc) is 2.84. The van der Waals surface area contributed by atoms with Gasteiger partial charge in [0.1, 0.15) is 12.1 Å². The van der Waals surface area contributed by atoms with E-state index in [4.69, 9.17) is 0 Å². The lowest BCUT2D eigenvalue weighted by Crippen LogP contribution is -2.54. The maximum atomic E-state index is 12.9. The standard InChI is InChI=1S/C18H22N4O5/c1-11-6-7-13(22(26)27)9-14(11)19-15(23)10-21-16(24)18(20-17(21)25)8-4-3-5-12(18)2/h6-7,9,12H,3-5,8,10H2,1-2H3,(H,19,23)(H,20,25)/t12-,18-/m0/s1. The quantitative estimate of drug-likeness (QED) is 0.476. The number of non-ortho nitro benzene ring substituents is 1. The first-order chi connectivity index (χ1) is 12.7. The van der Waals surface area contributed by atoms with Crippen molar-refractivity contribution in [3.8, 4) is 0 Å². The summed E-state index contributed by atoms with van der Waals surface area (Å²) in [4.78, 5) is 48.9. The largest absolute Gasteiger partial charge is 0.325 e. The first-order valence-electron chi connectivity index (χ1n) is 8.93. The third-order valence-electron chi connectivity index (χ3n) is 5.51. The highest BCUT2D eigenvalue weighted by molar-refractivity contribution is 6.10. The number of imide groups is 1. The third kappa shape index (κ3) is 3.36. The lowest BCUT2D eigenvalue weighted by atomic mass is 9.73. The number of carbonyl (C=O) groups excluding carboxylic acids is 3. The third-order valence-corrected chi connectivity index (χ3v) is 5.51. The van der Waals surface area contributed by atoms with Gasteiger partial charge in [0.15, 0.2) is 0 Å². The second-order valence-corrected chi connectivity index (χ2v) is 7.24. The van der Waals surface area contributed by atoms with Gasteiger partial charge in [0.2, 0.25) is 5.91 Å². The van der Waals surface area contributed by atoms with Crippen LogP contribution in [0, 0.1) is 23.0 Å². The van der Waals surface area contributed by atoms with Gasteiger partial charge in [-0.3, -0.25) is 24.6 Å². The number of anilines is 1. The summed E-state index contributed by atoms with van der Waals surface area (Å²) in [5, 5.41) is 16.3. The molecular weight excluding hydrogens is 352 g/mol. The van der Waals surface area contributed by atoms with Crippen molar-refractivity contribution in [3.63, 3.8) is 0 Å². The zero-order chi connectivity index (χ0) is 19.8. The minimum Gasteiger partial charge on any atom is -0.324 e. The smallest absolute Gasteiger partial charge is 0.324 e. The van der Waals surface area contributed by atoms with Gasteiger partial charge in [0, 0.05) is 12.1 Å². The van der Waals surface area contributed by atoms with Crippen LogP contribution in [0.3, 0.4) is 0 Å². The van der Waals surface area contributed by atoms with Gasteiger partial charge in [-0.15, -0.1) is 0 Å². The molecule has 1 aliphatic heterocycles. The Balaban J connectivity index is 1.73. The topological polar surface area (TPSA) is 122 Å². The molecule has 3 rings (SSSR count). The Morgan fingerprint density at radius 1 is 1.41 bits per heavy atom. The SMILES string of the molecule is Cc1ccc([N+](=O)[O-])cc1NC(=O)CN1C(=O)N[C@]2(CCCC[C@@H]2C)C1=O. The number of urea groups is 1. The number of aryl methyl sites for hydroxylation is 1. The second kappa shape index (κ2) is 6.98. The van der Waals surface area contributed by atoms with E-state index >= 15 is 0 Å². The molecule has 1 aromatic rings. The molecule has 1 aliphatic carbocycles. The van der Waals surface area contributed by atoms with Gasteiger partial charge in [0.05, 0.1) is 10.6 Å². The van der Waals surface area contributed by atoms with Crippen LogP contribution < -0.4 is 10.6 Å². The highest BCUT2D eigenvalue weighted by Crippen LogP contribution is 2.38. The van der Waals surface area contributed by atoms with Crippen LogP contribution in [-0.4, -0.2) is 39.8 Å². The molecule has 1 saturated heterocycles. The molecular formula is C18H22N4O5. The van der Waals surface area contributed by atoms with E-state index in [0.717, 1.165) is 24.2 Å². The van der Waals surface area contributed by atoms with Gasteiger partial charge in [-0.2, -0.15) is 0 Å². The second-order valence-electron chi connectivity index (χ2n) is 7.24. The molecule has 0 aromatic heterocycles. The maximum Gasteiger partial charge on any atom is 0.325 e. The molecule has 0 unspecified atom stereocenters. The van der Waals surface area contributed by atoms with E-state index in [1.165, 1.54) is 18.2 Å². The van der Waals surface area contributed by atoms with E-state index in [1.54, 1.807) is 6.92 Å². The Labute approximate surface area is 156 Å². The molecule has 2 N–H and O–H groups in total. The number of nitrogens with one attached hydrogen (secondary N) is 2. The number of hydrogen-bond donors (Lipinski definition) is 2. The molecule has 2 fully saturated rings. The van der Waals surface area contributed by atoms with E-state index < -0.39 is 28.9 Å². The monoisotopic (exact) mass is 374 g/mol. The minimum atomic E-state index is -0.920. The normalized spacial score (nSPS) is 24.8. The van der Waals surface area contributed by atoms with Crippen LogP contribution in [0.2, 0.25) is 0 Å². The Kier molecular flexibility index (Phi) is 4.86. The van der Waals surface area contributed by atoms with Crippen molar-refractivity contribution < 1.29 is 19.3 Å². The van der Waals surface area contributed by atoms with Gasteiger partial charge in [-0.05, 0) is 31.2 Å². The Morgan fingerprint density at radius 3 is 2.81 bits per heavy atom. The Hall–Kier alpha value is -2.97. The fourth-order valence-corrected chi connectivity index (χ4v) is 3.83. The van der Waals surface area contributed by atoms with E-state index in [9.17, 15) is 24.5 Å². The minimum absolute atomic E-state index is 0.00905. The fourth-order valence-electron chi connectivity index (χ4n) is 3.83. The molecule has 2 atom stereocenters. The number of benzene rings is 1. The van der Waals surface area contributed by atoms with E-state index in [0.29, 0.717) is 12.0 Å². The van der Waals surface area contributed by atoms with Crippen LogP contribution in [-0.2, 0) is 9.59 Å². The van der Waals surface area contributed by atoms with Crippen LogP contribution in [0.1, 0.15) is 38.2 Å². The van der Waals surface area contributed by atoms with Crippen molar-refractivity contribution in [3.05, 3.63) is 33.9 Å². The molecule has 1 heterocycles. The molecule has 0 bridgehead atoms. The van der Waals surface area contributed by atoms with Gasteiger partial charge in [-0.25, -0.2) is 4.79 Å². The number of nitrogens with zero attached hydrogens (tertiary/aromatic N) is 2. The number of hydrogen-bond acceptors (Lipinski definition) is 5. The summed E-state index contributed by atoms with van der Waals surface area (Å²) in [6.07, 6.45) is 3.28. The number of nitro benzene ring substituents is 1. The molecule has 2 aliphatic rings. The van der Waals surface area contributed by atoms with Crippen LogP contribution in [0.15, 0.2) is 18.2 Å². The van der Waals surface area contributed by atoms with Crippen LogP contribution in [0.5, 0.6) is 0 Å². The first kappa shape index (κ1) is 18.8. The predicted molar refractivity (Wildman–Crippen MR) is 97.1 cm³/mol. The zero-order valence-electron chi connectivity index (χ0n) is 15.3. The lowest BCUT2D eigenvalue weighted by molar-refractivity contribution is -0.384. The number of nitro groups is 1. The highest BCUT2D eigenvalue weighted by Gasteiger charge is 2.55. The Bertz CT molecular complexity index is 824. The summed E-state index contributed by atoms with van der Waals surface area (Å²) in [6, 6.07) is 3.56. The number of rotatable bonds is 4. The zero-order valence-corrected chi connectivity index (χ0v) is 15.3. The van der Waals surface area contributed by atoms with Gasteiger partial charge < -0.3 is 10.6 Å². The molecule has 1 aromatic carbocycles. The van der Waals surface area contributed by atoms with Crippen LogP contribution in [0.4, 0.5) is 16.2 Å². The molecule has 1 saturated carbocycles. The van der Waals surface area contributed by atoms with Crippen molar-refractivity contribution in [2.45, 2.75) is 45.1 Å². The van der Waals surface area contributed by atoms with Crippen molar-refractivity contribution in [1.82, 2.24) is 10.2 Å². The van der Waals surface area contributed by atoms with E-state index in [2.05, 4.69) is 10.6 Å². The van der Waals surface area contributed by atoms with Gasteiger partial charge in [-0.1, -0.05) is 25.8 Å². The van der Waals surface area contributed by atoms with E-state index in [-0.39, 0.29) is 23.2 Å². The maximum absolute atomic E-state index is 12.9. The van der Waals surface area contributed by atoms with Crippen LogP contribution >= 0.6 is 0 Å². The van der Waals surface area contributed by atoms with Crippen molar-refractivity contribution in [1.29, 1.82) is 0 Å². The number of carbonyl (C=O) groups is 3. The fraction of sp³-hybridized carbons (Fsp3) is 0.500. The van der Waals surface area contributed by atoms with Gasteiger partial charge in [0.25, 0.3) is 11.6 Å². The summed E-state index contributed by atoms with van der Waals surface area (Å²) in [5.74, 6) is -0.942. The molecule has 9 heteroatoms. The van der Waals surface area contributed by atoms with E-state index in [1.807, 2.05) is 6.92 Å². The molecule has 144 valence electrons. The summed E-state index contributed by atoms with van der Waals surface area (Å²) < 4.78 is 0. The summed E-state index contributed by atoms with van der Waals surface area (Å²) in [7, 11) is 0. The molecule has 4 amide bonds. The predicted octanol–water partition coefficient (Wildman–Crippen LogP) is 2.34. The first-order valence-corrected chi connectivity index (χ1v) is 8.93. The molecule has 27 heavy (non-hydrogen) atoms. The Morgan fingerprint density at radius 2 is 2.15 bits per heavy atom.